The van der Waals surface area contributed by atoms with Crippen molar-refractivity contribution in [2.75, 3.05) is 5.32 Å². The van der Waals surface area contributed by atoms with Gasteiger partial charge in [-0.25, -0.2) is 9.97 Å². The number of benzene rings is 1. The molecule has 2 heterocycles. The SMILES string of the molecule is O=Cc1c(Cl)ncnc1Nc1c(Cl)cc(Cl)c2nsnc12. The molecular weight excluding hydrogens is 357 g/mol. The smallest absolute Gasteiger partial charge is 0.156 e. The number of aldehydes is 1. The zero-order valence-electron chi connectivity index (χ0n) is 9.97. The molecule has 0 aliphatic heterocycles. The number of aromatic nitrogens is 4. The fourth-order valence-electron chi connectivity index (χ4n) is 1.69. The fourth-order valence-corrected chi connectivity index (χ4v) is 3.03. The van der Waals surface area contributed by atoms with E-state index in [1.165, 1.54) is 6.33 Å². The zero-order chi connectivity index (χ0) is 15.0. The van der Waals surface area contributed by atoms with Gasteiger partial charge in [0.2, 0.25) is 0 Å². The zero-order valence-corrected chi connectivity index (χ0v) is 13.1. The number of halogens is 3. The average Bonchev–Trinajstić information content (AvgIpc) is 2.93. The molecule has 0 radical (unpaired) electrons. The molecule has 0 bridgehead atoms. The highest BCUT2D eigenvalue weighted by atomic mass is 35.5. The third-order valence-electron chi connectivity index (χ3n) is 2.64. The number of hydrogen-bond donors (Lipinski definition) is 1. The van der Waals surface area contributed by atoms with Crippen LogP contribution in [0.2, 0.25) is 15.2 Å². The molecular formula is C11H4Cl3N5OS. The van der Waals surface area contributed by atoms with Crippen molar-refractivity contribution in [3.8, 4) is 0 Å². The number of fused-ring (bicyclic) bond motifs is 1. The van der Waals surface area contributed by atoms with Crippen LogP contribution >= 0.6 is 46.5 Å². The maximum atomic E-state index is 11.1. The monoisotopic (exact) mass is 359 g/mol. The first kappa shape index (κ1) is 14.4. The molecule has 1 N–H and O–H groups in total. The van der Waals surface area contributed by atoms with Crippen LogP contribution < -0.4 is 5.32 Å². The first-order valence-electron chi connectivity index (χ1n) is 5.44. The lowest BCUT2D eigenvalue weighted by atomic mass is 10.2. The number of rotatable bonds is 3. The van der Waals surface area contributed by atoms with Gasteiger partial charge in [0.25, 0.3) is 0 Å². The Morgan fingerprint density at radius 2 is 1.86 bits per heavy atom. The lowest BCUT2D eigenvalue weighted by Crippen LogP contribution is -2.01. The highest BCUT2D eigenvalue weighted by molar-refractivity contribution is 7.00. The van der Waals surface area contributed by atoms with Crippen molar-refractivity contribution in [3.05, 3.63) is 33.2 Å². The molecule has 21 heavy (non-hydrogen) atoms. The van der Waals surface area contributed by atoms with Gasteiger partial charge in [-0.05, 0) is 6.07 Å². The summed E-state index contributed by atoms with van der Waals surface area (Å²) in [6.07, 6.45) is 1.79. The minimum atomic E-state index is 0.0419. The summed E-state index contributed by atoms with van der Waals surface area (Å²) in [5, 5.41) is 3.70. The van der Waals surface area contributed by atoms with Crippen molar-refractivity contribution in [1.82, 2.24) is 18.7 Å². The summed E-state index contributed by atoms with van der Waals surface area (Å²) in [7, 11) is 0. The number of carbonyl (C=O) groups is 1. The molecule has 0 aliphatic carbocycles. The summed E-state index contributed by atoms with van der Waals surface area (Å²) >= 11 is 19.1. The Balaban J connectivity index is 2.17. The van der Waals surface area contributed by atoms with E-state index in [9.17, 15) is 4.79 Å². The van der Waals surface area contributed by atoms with Crippen LogP contribution in [0.5, 0.6) is 0 Å². The molecule has 6 nitrogen and oxygen atoms in total. The first-order chi connectivity index (χ1) is 10.1. The normalized spacial score (nSPS) is 10.8. The number of nitrogens with zero attached hydrogens (tertiary/aromatic N) is 4. The number of nitrogens with one attached hydrogen (secondary N) is 1. The van der Waals surface area contributed by atoms with Gasteiger partial charge in [0.15, 0.2) is 6.29 Å². The third kappa shape index (κ3) is 2.53. The standard InChI is InChI=1S/C11H4Cl3N5OS/c12-5-1-6(13)8-9(19-21-18-8)7(5)17-11-4(2-20)10(14)15-3-16-11/h1-3H,(H,15,16,17). The van der Waals surface area contributed by atoms with Gasteiger partial charge in [-0.2, -0.15) is 8.75 Å². The quantitative estimate of drug-likeness (QED) is 0.562. The van der Waals surface area contributed by atoms with Gasteiger partial charge < -0.3 is 5.32 Å². The second-order valence-electron chi connectivity index (χ2n) is 3.85. The molecule has 0 atom stereocenters. The molecule has 0 amide bonds. The van der Waals surface area contributed by atoms with Gasteiger partial charge in [-0.15, -0.1) is 0 Å². The van der Waals surface area contributed by atoms with E-state index in [1.807, 2.05) is 0 Å². The van der Waals surface area contributed by atoms with Crippen molar-refractivity contribution in [3.63, 3.8) is 0 Å². The molecule has 3 aromatic rings. The fraction of sp³-hybridized carbons (Fsp3) is 0. The molecule has 0 saturated heterocycles. The van der Waals surface area contributed by atoms with E-state index in [2.05, 4.69) is 24.0 Å². The van der Waals surface area contributed by atoms with Crippen LogP contribution in [-0.2, 0) is 0 Å². The lowest BCUT2D eigenvalue weighted by molar-refractivity contribution is 0.112. The molecule has 0 aliphatic rings. The Morgan fingerprint density at radius 1 is 1.10 bits per heavy atom. The Hall–Kier alpha value is -1.54. The van der Waals surface area contributed by atoms with Crippen LogP contribution in [0.3, 0.4) is 0 Å². The molecule has 0 unspecified atom stereocenters. The van der Waals surface area contributed by atoms with Crippen LogP contribution in [0.15, 0.2) is 12.4 Å². The van der Waals surface area contributed by atoms with Crippen LogP contribution in [0.4, 0.5) is 11.5 Å². The highest BCUT2D eigenvalue weighted by Gasteiger charge is 2.17. The Morgan fingerprint density at radius 3 is 2.62 bits per heavy atom. The summed E-state index contributed by atoms with van der Waals surface area (Å²) in [6, 6.07) is 1.54. The lowest BCUT2D eigenvalue weighted by Gasteiger charge is -2.10. The van der Waals surface area contributed by atoms with E-state index >= 15 is 0 Å². The van der Waals surface area contributed by atoms with Gasteiger partial charge in [0.1, 0.15) is 28.3 Å². The number of hydrogen-bond acceptors (Lipinski definition) is 7. The molecule has 0 saturated carbocycles. The summed E-state index contributed by atoms with van der Waals surface area (Å²) in [5.74, 6) is 0.225. The van der Waals surface area contributed by atoms with Crippen LogP contribution in [0, 0.1) is 0 Å². The van der Waals surface area contributed by atoms with E-state index in [-0.39, 0.29) is 16.5 Å². The molecule has 1 aromatic carbocycles. The molecule has 3 rings (SSSR count). The van der Waals surface area contributed by atoms with Crippen molar-refractivity contribution in [2.24, 2.45) is 0 Å². The topological polar surface area (TPSA) is 80.7 Å². The summed E-state index contributed by atoms with van der Waals surface area (Å²) in [4.78, 5) is 18.8. The van der Waals surface area contributed by atoms with Gasteiger partial charge in [-0.1, -0.05) is 34.8 Å². The van der Waals surface area contributed by atoms with Crippen molar-refractivity contribution >= 4 is 75.4 Å². The molecule has 0 spiro atoms. The van der Waals surface area contributed by atoms with E-state index in [0.29, 0.717) is 33.1 Å². The maximum absolute atomic E-state index is 11.1. The van der Waals surface area contributed by atoms with E-state index < -0.39 is 0 Å². The molecule has 106 valence electrons. The second-order valence-corrected chi connectivity index (χ2v) is 5.55. The Kier molecular flexibility index (Phi) is 3.90. The average molecular weight is 361 g/mol. The van der Waals surface area contributed by atoms with Crippen LogP contribution in [-0.4, -0.2) is 25.0 Å². The molecule has 10 heteroatoms. The predicted octanol–water partition coefficient (Wildman–Crippen LogP) is 4.00. The van der Waals surface area contributed by atoms with Crippen molar-refractivity contribution in [1.29, 1.82) is 0 Å². The number of carbonyl (C=O) groups excluding carboxylic acids is 1. The Labute approximate surface area is 137 Å². The van der Waals surface area contributed by atoms with Crippen LogP contribution in [0.1, 0.15) is 10.4 Å². The molecule has 0 fully saturated rings. The van der Waals surface area contributed by atoms with Gasteiger partial charge in [0.05, 0.1) is 33.0 Å². The largest absolute Gasteiger partial charge is 0.336 e. The summed E-state index contributed by atoms with van der Waals surface area (Å²) in [5.41, 5.74) is 1.58. The van der Waals surface area contributed by atoms with E-state index in [1.54, 1.807) is 6.07 Å². The van der Waals surface area contributed by atoms with Gasteiger partial charge in [-0.3, -0.25) is 4.79 Å². The van der Waals surface area contributed by atoms with Gasteiger partial charge >= 0.3 is 0 Å². The van der Waals surface area contributed by atoms with Crippen LogP contribution in [0.25, 0.3) is 11.0 Å². The minimum absolute atomic E-state index is 0.0419. The minimum Gasteiger partial charge on any atom is -0.336 e. The van der Waals surface area contributed by atoms with Gasteiger partial charge in [0, 0.05) is 0 Å². The number of anilines is 2. The molecule has 2 aromatic heterocycles. The first-order valence-corrected chi connectivity index (χ1v) is 7.31. The van der Waals surface area contributed by atoms with Crippen molar-refractivity contribution in [2.45, 2.75) is 0 Å². The predicted molar refractivity (Wildman–Crippen MR) is 83.1 cm³/mol. The maximum Gasteiger partial charge on any atom is 0.156 e. The summed E-state index contributed by atoms with van der Waals surface area (Å²) in [6.45, 7) is 0. The van der Waals surface area contributed by atoms with Crippen molar-refractivity contribution < 1.29 is 4.79 Å². The second kappa shape index (κ2) is 5.69. The third-order valence-corrected chi connectivity index (χ3v) is 4.06. The highest BCUT2D eigenvalue weighted by Crippen LogP contribution is 2.37. The summed E-state index contributed by atoms with van der Waals surface area (Å²) < 4.78 is 8.24. The van der Waals surface area contributed by atoms with E-state index in [4.69, 9.17) is 34.8 Å². The van der Waals surface area contributed by atoms with E-state index in [0.717, 1.165) is 11.7 Å². The Bertz CT molecular complexity index is 853.